The van der Waals surface area contributed by atoms with E-state index >= 15 is 0 Å². The van der Waals surface area contributed by atoms with E-state index < -0.39 is 11.7 Å². The number of ether oxygens (including phenoxy) is 1. The molecule has 26 heavy (non-hydrogen) atoms. The van der Waals surface area contributed by atoms with Gasteiger partial charge in [0.15, 0.2) is 0 Å². The normalized spacial score (nSPS) is 17.2. The molecule has 1 amide bonds. The number of aromatic nitrogens is 2. The molecule has 138 valence electrons. The van der Waals surface area contributed by atoms with E-state index in [-0.39, 0.29) is 17.9 Å². The van der Waals surface area contributed by atoms with Gasteiger partial charge in [-0.1, -0.05) is 0 Å². The number of nitrogens with one attached hydrogen (secondary N) is 1. The first-order valence-electron chi connectivity index (χ1n) is 8.00. The molecule has 2 aromatic rings. The maximum absolute atomic E-state index is 12.5. The first-order chi connectivity index (χ1) is 12.4. The Morgan fingerprint density at radius 3 is 2.62 bits per heavy atom. The summed E-state index contributed by atoms with van der Waals surface area (Å²) in [6.45, 7) is 0.841. The van der Waals surface area contributed by atoms with Crippen LogP contribution in [0.2, 0.25) is 0 Å². The minimum atomic E-state index is -4.43. The van der Waals surface area contributed by atoms with Crippen molar-refractivity contribution >= 4 is 11.7 Å². The highest BCUT2D eigenvalue weighted by Gasteiger charge is 2.32. The van der Waals surface area contributed by atoms with Gasteiger partial charge in [-0.05, 0) is 18.2 Å². The molecule has 0 saturated carbocycles. The van der Waals surface area contributed by atoms with E-state index in [1.807, 2.05) is 0 Å². The number of amides is 1. The summed E-state index contributed by atoms with van der Waals surface area (Å²) in [5, 5.41) is 2.88. The van der Waals surface area contributed by atoms with Crippen LogP contribution in [0.15, 0.2) is 36.7 Å². The molecule has 0 aliphatic carbocycles. The molecule has 3 heterocycles. The number of carbonyl (C=O) groups is 1. The molecule has 6 nitrogen and oxygen atoms in total. The van der Waals surface area contributed by atoms with E-state index in [0.29, 0.717) is 30.9 Å². The summed E-state index contributed by atoms with van der Waals surface area (Å²) in [4.78, 5) is 21.9. The van der Waals surface area contributed by atoms with Crippen LogP contribution >= 0.6 is 0 Å². The monoisotopic (exact) mass is 366 g/mol. The Morgan fingerprint density at radius 2 is 2.04 bits per heavy atom. The Bertz CT molecular complexity index is 763. The topological polar surface area (TPSA) is 67.4 Å². The van der Waals surface area contributed by atoms with E-state index in [4.69, 9.17) is 4.74 Å². The summed E-state index contributed by atoms with van der Waals surface area (Å²) in [6, 6.07) is 5.51. The summed E-state index contributed by atoms with van der Waals surface area (Å²) < 4.78 is 43.2. The van der Waals surface area contributed by atoms with Gasteiger partial charge in [-0.25, -0.2) is 9.97 Å². The Morgan fingerprint density at radius 1 is 1.23 bits per heavy atom. The smallest absolute Gasteiger partial charge is 0.417 e. The third-order valence-electron chi connectivity index (χ3n) is 4.05. The fraction of sp³-hybridized carbons (Fsp3) is 0.353. The van der Waals surface area contributed by atoms with Crippen LogP contribution in [0.25, 0.3) is 0 Å². The average Bonchev–Trinajstić information content (AvgIpc) is 3.09. The quantitative estimate of drug-likeness (QED) is 0.901. The summed E-state index contributed by atoms with van der Waals surface area (Å²) in [5.41, 5.74) is -0.358. The van der Waals surface area contributed by atoms with Crippen LogP contribution in [0.4, 0.5) is 19.0 Å². The van der Waals surface area contributed by atoms with Crippen LogP contribution in [-0.2, 0) is 6.18 Å². The van der Waals surface area contributed by atoms with E-state index in [1.165, 1.54) is 12.3 Å². The van der Waals surface area contributed by atoms with E-state index in [2.05, 4.69) is 15.3 Å². The molecule has 0 aromatic carbocycles. The molecule has 9 heteroatoms. The van der Waals surface area contributed by atoms with E-state index in [0.717, 1.165) is 12.3 Å². The van der Waals surface area contributed by atoms with Crippen molar-refractivity contribution in [1.29, 1.82) is 0 Å². The van der Waals surface area contributed by atoms with E-state index in [1.54, 1.807) is 24.1 Å². The zero-order valence-electron chi connectivity index (χ0n) is 14.0. The van der Waals surface area contributed by atoms with Gasteiger partial charge >= 0.3 is 6.18 Å². The molecule has 1 unspecified atom stereocenters. The van der Waals surface area contributed by atoms with Crippen LogP contribution in [0.5, 0.6) is 5.88 Å². The predicted molar refractivity (Wildman–Crippen MR) is 88.0 cm³/mol. The van der Waals surface area contributed by atoms with Gasteiger partial charge in [-0.2, -0.15) is 13.2 Å². The highest BCUT2D eigenvalue weighted by molar-refractivity contribution is 5.94. The average molecular weight is 366 g/mol. The van der Waals surface area contributed by atoms with E-state index in [9.17, 15) is 18.0 Å². The predicted octanol–water partition coefficient (Wildman–Crippen LogP) is 2.83. The van der Waals surface area contributed by atoms with Gasteiger partial charge in [0.2, 0.25) is 5.88 Å². The van der Waals surface area contributed by atoms with Crippen molar-refractivity contribution < 1.29 is 22.7 Å². The van der Waals surface area contributed by atoms with Crippen molar-refractivity contribution in [2.45, 2.75) is 18.7 Å². The van der Waals surface area contributed by atoms with Gasteiger partial charge < -0.3 is 15.0 Å². The number of anilines is 1. The molecule has 1 atom stereocenters. The fourth-order valence-electron chi connectivity index (χ4n) is 2.65. The van der Waals surface area contributed by atoms with Gasteiger partial charge in [0, 0.05) is 38.5 Å². The molecule has 1 saturated heterocycles. The zero-order chi connectivity index (χ0) is 18.7. The number of pyridine rings is 2. The molecular weight excluding hydrogens is 349 g/mol. The molecule has 3 rings (SSSR count). The van der Waals surface area contributed by atoms with Gasteiger partial charge in [0.05, 0.1) is 17.7 Å². The molecule has 0 bridgehead atoms. The standard InChI is InChI=1S/C17H17F3N4O2/c1-21-14-4-2-11(8-22-14)16(25)24-7-6-13(10-24)26-15-5-3-12(9-23-15)17(18,19)20/h2-5,8-9,13H,6-7,10H2,1H3,(H,21,22). The lowest BCUT2D eigenvalue weighted by Gasteiger charge is -2.17. The summed E-state index contributed by atoms with van der Waals surface area (Å²) in [6.07, 6.45) is -1.93. The Labute approximate surface area is 148 Å². The zero-order valence-corrected chi connectivity index (χ0v) is 14.0. The second-order valence-corrected chi connectivity index (χ2v) is 5.84. The lowest BCUT2D eigenvalue weighted by Crippen LogP contribution is -2.31. The number of carbonyl (C=O) groups excluding carboxylic acids is 1. The number of hydrogen-bond acceptors (Lipinski definition) is 5. The Hall–Kier alpha value is -2.84. The number of halogens is 3. The molecule has 1 aliphatic heterocycles. The van der Waals surface area contributed by atoms with Crippen molar-refractivity contribution in [3.8, 4) is 5.88 Å². The molecule has 1 N–H and O–H groups in total. The largest absolute Gasteiger partial charge is 0.472 e. The SMILES string of the molecule is CNc1ccc(C(=O)N2CCC(Oc3ccc(C(F)(F)F)cn3)C2)cn1. The first-order valence-corrected chi connectivity index (χ1v) is 8.00. The molecule has 0 radical (unpaired) electrons. The summed E-state index contributed by atoms with van der Waals surface area (Å²) in [5.74, 6) is 0.613. The van der Waals surface area contributed by atoms with Gasteiger partial charge in [-0.3, -0.25) is 4.79 Å². The molecule has 2 aromatic heterocycles. The Balaban J connectivity index is 1.58. The van der Waals surface area contributed by atoms with Crippen LogP contribution < -0.4 is 10.1 Å². The highest BCUT2D eigenvalue weighted by Crippen LogP contribution is 2.29. The van der Waals surface area contributed by atoms with Crippen molar-refractivity contribution in [1.82, 2.24) is 14.9 Å². The summed E-state index contributed by atoms with van der Waals surface area (Å²) in [7, 11) is 1.74. The minimum absolute atomic E-state index is 0.109. The Kier molecular flexibility index (Phi) is 4.97. The number of rotatable bonds is 4. The maximum atomic E-state index is 12.5. The van der Waals surface area contributed by atoms with Crippen molar-refractivity contribution in [3.05, 3.63) is 47.8 Å². The van der Waals surface area contributed by atoms with Gasteiger partial charge in [-0.15, -0.1) is 0 Å². The number of alkyl halides is 3. The number of hydrogen-bond donors (Lipinski definition) is 1. The maximum Gasteiger partial charge on any atom is 0.417 e. The molecule has 1 aliphatic rings. The van der Waals surface area contributed by atoms with Crippen molar-refractivity contribution in [2.24, 2.45) is 0 Å². The van der Waals surface area contributed by atoms with Crippen molar-refractivity contribution in [2.75, 3.05) is 25.5 Å². The van der Waals surface area contributed by atoms with Crippen molar-refractivity contribution in [3.63, 3.8) is 0 Å². The third-order valence-corrected chi connectivity index (χ3v) is 4.05. The molecular formula is C17H17F3N4O2. The highest BCUT2D eigenvalue weighted by atomic mass is 19.4. The fourth-order valence-corrected chi connectivity index (χ4v) is 2.65. The molecule has 1 fully saturated rings. The lowest BCUT2D eigenvalue weighted by atomic mass is 10.2. The second kappa shape index (κ2) is 7.19. The van der Waals surface area contributed by atoms with Crippen LogP contribution in [0.1, 0.15) is 22.3 Å². The lowest BCUT2D eigenvalue weighted by molar-refractivity contribution is -0.137. The van der Waals surface area contributed by atoms with Crippen LogP contribution in [0, 0.1) is 0 Å². The first kappa shape index (κ1) is 18.0. The van der Waals surface area contributed by atoms with Crippen LogP contribution in [-0.4, -0.2) is 47.0 Å². The van der Waals surface area contributed by atoms with Gasteiger partial charge in [0.1, 0.15) is 11.9 Å². The summed E-state index contributed by atoms with van der Waals surface area (Å²) >= 11 is 0. The van der Waals surface area contributed by atoms with Crippen LogP contribution in [0.3, 0.4) is 0 Å². The number of likely N-dealkylation sites (tertiary alicyclic amines) is 1. The third kappa shape index (κ3) is 4.04. The minimum Gasteiger partial charge on any atom is -0.472 e. The second-order valence-electron chi connectivity index (χ2n) is 5.84. The molecule has 0 spiro atoms. The van der Waals surface area contributed by atoms with Gasteiger partial charge in [0.25, 0.3) is 5.91 Å². The number of nitrogens with zero attached hydrogens (tertiary/aromatic N) is 3.